The van der Waals surface area contributed by atoms with E-state index in [1.54, 1.807) is 0 Å². The van der Waals surface area contributed by atoms with Gasteiger partial charge in [-0.2, -0.15) is 5.10 Å². The molecule has 1 saturated carbocycles. The third kappa shape index (κ3) is 4.15. The molecule has 1 amide bonds. The standard InChI is InChI=1S/C23H26N4O/c1-16-7-9-19(10-8-16)22-20(23(28)25-21(13-24)18-11-12-18)15-27(26-22)14-17-5-3-2-4-6-17/h2-10,15,18,21H,11-14,24H2,1H3,(H,25,28). The molecule has 28 heavy (non-hydrogen) atoms. The van der Waals surface area contributed by atoms with Crippen molar-refractivity contribution in [1.29, 1.82) is 0 Å². The number of aromatic nitrogens is 2. The molecule has 0 saturated heterocycles. The van der Waals surface area contributed by atoms with Crippen LogP contribution in [0.5, 0.6) is 0 Å². The highest BCUT2D eigenvalue weighted by Gasteiger charge is 2.32. The number of nitrogens with zero attached hydrogens (tertiary/aromatic N) is 2. The molecule has 1 aliphatic carbocycles. The van der Waals surface area contributed by atoms with Crippen LogP contribution in [0.15, 0.2) is 60.8 Å². The largest absolute Gasteiger partial charge is 0.348 e. The van der Waals surface area contributed by atoms with Crippen molar-refractivity contribution >= 4 is 5.91 Å². The number of carbonyl (C=O) groups excluding carboxylic acids is 1. The summed E-state index contributed by atoms with van der Waals surface area (Å²) in [7, 11) is 0. The summed E-state index contributed by atoms with van der Waals surface area (Å²) in [5, 5.41) is 7.87. The van der Waals surface area contributed by atoms with Crippen molar-refractivity contribution in [2.45, 2.75) is 32.4 Å². The number of hydrogen-bond acceptors (Lipinski definition) is 3. The predicted octanol–water partition coefficient (Wildman–Crippen LogP) is 3.37. The van der Waals surface area contributed by atoms with Crippen LogP contribution >= 0.6 is 0 Å². The van der Waals surface area contributed by atoms with Crippen LogP contribution in [0.3, 0.4) is 0 Å². The first-order chi connectivity index (χ1) is 13.6. The Bertz CT molecular complexity index is 942. The van der Waals surface area contributed by atoms with Crippen molar-refractivity contribution in [3.05, 3.63) is 77.5 Å². The molecule has 0 spiro atoms. The zero-order chi connectivity index (χ0) is 19.5. The lowest BCUT2D eigenvalue weighted by Gasteiger charge is -2.15. The minimum absolute atomic E-state index is 0.0378. The van der Waals surface area contributed by atoms with Crippen molar-refractivity contribution in [2.75, 3.05) is 6.54 Å². The second-order valence-corrected chi connectivity index (χ2v) is 7.59. The maximum Gasteiger partial charge on any atom is 0.255 e. The summed E-state index contributed by atoms with van der Waals surface area (Å²) in [4.78, 5) is 13.1. The molecule has 144 valence electrons. The maximum atomic E-state index is 13.1. The Labute approximate surface area is 165 Å². The molecular weight excluding hydrogens is 348 g/mol. The van der Waals surface area contributed by atoms with Gasteiger partial charge in [0.2, 0.25) is 0 Å². The molecule has 1 atom stereocenters. The van der Waals surface area contributed by atoms with Gasteiger partial charge >= 0.3 is 0 Å². The molecule has 1 fully saturated rings. The molecule has 0 radical (unpaired) electrons. The molecule has 5 nitrogen and oxygen atoms in total. The van der Waals surface area contributed by atoms with Gasteiger partial charge in [-0.15, -0.1) is 0 Å². The van der Waals surface area contributed by atoms with E-state index in [0.29, 0.717) is 30.3 Å². The second kappa shape index (κ2) is 7.98. The Morgan fingerprint density at radius 2 is 1.89 bits per heavy atom. The number of benzene rings is 2. The highest BCUT2D eigenvalue weighted by molar-refractivity contribution is 6.00. The van der Waals surface area contributed by atoms with E-state index in [4.69, 9.17) is 10.8 Å². The minimum atomic E-state index is -0.0998. The molecule has 2 aromatic carbocycles. The van der Waals surface area contributed by atoms with Crippen LogP contribution in [0.1, 0.15) is 34.3 Å². The van der Waals surface area contributed by atoms with Gasteiger partial charge in [-0.25, -0.2) is 0 Å². The quantitative estimate of drug-likeness (QED) is 0.666. The van der Waals surface area contributed by atoms with E-state index >= 15 is 0 Å². The normalized spacial score (nSPS) is 14.6. The highest BCUT2D eigenvalue weighted by atomic mass is 16.1. The van der Waals surface area contributed by atoms with E-state index < -0.39 is 0 Å². The SMILES string of the molecule is Cc1ccc(-c2nn(Cc3ccccc3)cc2C(=O)NC(CN)C2CC2)cc1. The van der Waals surface area contributed by atoms with Gasteiger partial charge in [0.1, 0.15) is 5.69 Å². The van der Waals surface area contributed by atoms with E-state index in [9.17, 15) is 4.79 Å². The molecule has 3 N–H and O–H groups in total. The average molecular weight is 374 g/mol. The van der Waals surface area contributed by atoms with Gasteiger partial charge in [-0.3, -0.25) is 9.48 Å². The van der Waals surface area contributed by atoms with Crippen LogP contribution in [0.25, 0.3) is 11.3 Å². The molecule has 3 aromatic rings. The Hall–Kier alpha value is -2.92. The lowest BCUT2D eigenvalue weighted by atomic mass is 10.1. The number of nitrogens with two attached hydrogens (primary N) is 1. The fourth-order valence-corrected chi connectivity index (χ4v) is 3.48. The number of rotatable bonds is 7. The lowest BCUT2D eigenvalue weighted by molar-refractivity contribution is 0.0934. The topological polar surface area (TPSA) is 72.9 Å². The maximum absolute atomic E-state index is 13.1. The van der Waals surface area contributed by atoms with E-state index in [1.807, 2.05) is 60.3 Å². The van der Waals surface area contributed by atoms with Gasteiger partial charge in [0.05, 0.1) is 12.1 Å². The van der Waals surface area contributed by atoms with Crippen LogP contribution in [-0.4, -0.2) is 28.3 Å². The Morgan fingerprint density at radius 3 is 2.54 bits per heavy atom. The molecule has 5 heteroatoms. The van der Waals surface area contributed by atoms with Gasteiger partial charge in [-0.1, -0.05) is 60.2 Å². The summed E-state index contributed by atoms with van der Waals surface area (Å²) in [6.45, 7) is 3.14. The van der Waals surface area contributed by atoms with Crippen molar-refractivity contribution in [3.63, 3.8) is 0 Å². The Morgan fingerprint density at radius 1 is 1.18 bits per heavy atom. The zero-order valence-electron chi connectivity index (χ0n) is 16.1. The molecule has 4 rings (SSSR count). The Balaban J connectivity index is 1.65. The number of amides is 1. The van der Waals surface area contributed by atoms with E-state index in [0.717, 1.165) is 24.0 Å². The van der Waals surface area contributed by atoms with Crippen LogP contribution in [0.2, 0.25) is 0 Å². The molecular formula is C23H26N4O. The van der Waals surface area contributed by atoms with Gasteiger partial charge in [-0.05, 0) is 31.2 Å². The summed E-state index contributed by atoms with van der Waals surface area (Å²) in [5.41, 5.74) is 10.4. The van der Waals surface area contributed by atoms with Crippen molar-refractivity contribution in [3.8, 4) is 11.3 Å². The number of nitrogens with one attached hydrogen (secondary N) is 1. The van der Waals surface area contributed by atoms with Crippen molar-refractivity contribution in [2.24, 2.45) is 11.7 Å². The zero-order valence-corrected chi connectivity index (χ0v) is 16.1. The lowest BCUT2D eigenvalue weighted by Crippen LogP contribution is -2.41. The van der Waals surface area contributed by atoms with E-state index in [1.165, 1.54) is 5.56 Å². The second-order valence-electron chi connectivity index (χ2n) is 7.59. The van der Waals surface area contributed by atoms with Crippen molar-refractivity contribution < 1.29 is 4.79 Å². The van der Waals surface area contributed by atoms with E-state index in [2.05, 4.69) is 17.4 Å². The first-order valence-corrected chi connectivity index (χ1v) is 9.83. The summed E-state index contributed by atoms with van der Waals surface area (Å²) in [6, 6.07) is 18.3. The van der Waals surface area contributed by atoms with Crippen LogP contribution in [0, 0.1) is 12.8 Å². The number of hydrogen-bond donors (Lipinski definition) is 2. The summed E-state index contributed by atoms with van der Waals surface area (Å²) >= 11 is 0. The highest BCUT2D eigenvalue weighted by Crippen LogP contribution is 2.32. The fourth-order valence-electron chi connectivity index (χ4n) is 3.48. The molecule has 0 bridgehead atoms. The third-order valence-electron chi connectivity index (χ3n) is 5.28. The van der Waals surface area contributed by atoms with Crippen LogP contribution in [-0.2, 0) is 6.54 Å². The third-order valence-corrected chi connectivity index (χ3v) is 5.28. The van der Waals surface area contributed by atoms with Gasteiger partial charge in [0, 0.05) is 24.3 Å². The predicted molar refractivity (Wildman–Crippen MR) is 111 cm³/mol. The average Bonchev–Trinajstić information content (AvgIpc) is 3.47. The first-order valence-electron chi connectivity index (χ1n) is 9.83. The molecule has 1 heterocycles. The smallest absolute Gasteiger partial charge is 0.255 e. The molecule has 1 unspecified atom stereocenters. The van der Waals surface area contributed by atoms with E-state index in [-0.39, 0.29) is 11.9 Å². The first kappa shape index (κ1) is 18.4. The fraction of sp³-hybridized carbons (Fsp3) is 0.304. The van der Waals surface area contributed by atoms with Gasteiger partial charge < -0.3 is 11.1 Å². The monoisotopic (exact) mass is 374 g/mol. The van der Waals surface area contributed by atoms with Gasteiger partial charge in [0.25, 0.3) is 5.91 Å². The molecule has 1 aliphatic rings. The summed E-state index contributed by atoms with van der Waals surface area (Å²) in [6.07, 6.45) is 4.12. The summed E-state index contributed by atoms with van der Waals surface area (Å²) < 4.78 is 1.84. The summed E-state index contributed by atoms with van der Waals surface area (Å²) in [5.74, 6) is 0.411. The Kier molecular flexibility index (Phi) is 5.26. The number of aryl methyl sites for hydroxylation is 1. The van der Waals surface area contributed by atoms with Crippen LogP contribution in [0.4, 0.5) is 0 Å². The molecule has 0 aliphatic heterocycles. The van der Waals surface area contributed by atoms with Crippen LogP contribution < -0.4 is 11.1 Å². The number of carbonyl (C=O) groups is 1. The van der Waals surface area contributed by atoms with Crippen molar-refractivity contribution in [1.82, 2.24) is 15.1 Å². The van der Waals surface area contributed by atoms with Gasteiger partial charge in [0.15, 0.2) is 0 Å². The molecule has 1 aromatic heterocycles. The minimum Gasteiger partial charge on any atom is -0.348 e.